The molecule has 4 nitrogen and oxygen atoms in total. The molecule has 1 aliphatic carbocycles. The van der Waals surface area contributed by atoms with Crippen molar-refractivity contribution in [3.05, 3.63) is 42.2 Å². The van der Waals surface area contributed by atoms with Crippen LogP contribution in [-0.2, 0) is 17.8 Å². The van der Waals surface area contributed by atoms with Crippen LogP contribution in [0, 0.1) is 5.92 Å². The number of rotatable bonds is 6. The highest BCUT2D eigenvalue weighted by Crippen LogP contribution is 2.29. The van der Waals surface area contributed by atoms with Gasteiger partial charge in [-0.15, -0.1) is 0 Å². The molecule has 1 fully saturated rings. The predicted molar refractivity (Wildman–Crippen MR) is 81.0 cm³/mol. The lowest BCUT2D eigenvalue weighted by Crippen LogP contribution is -2.18. The number of hydrogen-bond acceptors (Lipinski definition) is 2. The predicted octanol–water partition coefficient (Wildman–Crippen LogP) is 3.37. The number of carboxylic acids is 1. The highest BCUT2D eigenvalue weighted by molar-refractivity contribution is 5.70. The quantitative estimate of drug-likeness (QED) is 0.884. The van der Waals surface area contributed by atoms with E-state index < -0.39 is 5.97 Å². The topological polar surface area (TPSA) is 55.1 Å². The summed E-state index contributed by atoms with van der Waals surface area (Å²) in [4.78, 5) is 10.8. The molecule has 0 spiro atoms. The van der Waals surface area contributed by atoms with Gasteiger partial charge in [0.1, 0.15) is 0 Å². The largest absolute Gasteiger partial charge is 0.481 e. The molecule has 4 heteroatoms. The van der Waals surface area contributed by atoms with Crippen LogP contribution in [0.5, 0.6) is 0 Å². The van der Waals surface area contributed by atoms with Crippen LogP contribution < -0.4 is 0 Å². The summed E-state index contributed by atoms with van der Waals surface area (Å²) in [6.45, 7) is 0.997. The molecule has 0 saturated heterocycles. The molecule has 0 radical (unpaired) electrons. The average molecular weight is 284 g/mol. The van der Waals surface area contributed by atoms with Gasteiger partial charge in [0.15, 0.2) is 0 Å². The Morgan fingerprint density at radius 2 is 2.14 bits per heavy atom. The number of benzene rings is 1. The van der Waals surface area contributed by atoms with Gasteiger partial charge in [-0.05, 0) is 36.3 Å². The molecule has 0 atom stereocenters. The van der Waals surface area contributed by atoms with Crippen molar-refractivity contribution in [2.75, 3.05) is 0 Å². The Hall–Kier alpha value is -2.10. The van der Waals surface area contributed by atoms with Crippen molar-refractivity contribution in [3.8, 4) is 11.1 Å². The first-order valence-corrected chi connectivity index (χ1v) is 7.55. The molecule has 1 heterocycles. The molecule has 1 aromatic heterocycles. The summed E-state index contributed by atoms with van der Waals surface area (Å²) in [6.07, 6.45) is 8.65. The van der Waals surface area contributed by atoms with E-state index in [0.29, 0.717) is 6.42 Å². The minimum atomic E-state index is -0.759. The molecule has 1 aliphatic rings. The van der Waals surface area contributed by atoms with Gasteiger partial charge in [0.05, 0.1) is 6.20 Å². The minimum Gasteiger partial charge on any atom is -0.481 e. The van der Waals surface area contributed by atoms with Crippen LogP contribution in [0.15, 0.2) is 36.7 Å². The zero-order chi connectivity index (χ0) is 14.7. The summed E-state index contributed by atoms with van der Waals surface area (Å²) in [5.74, 6) is 0.0190. The average Bonchev–Trinajstić information content (AvgIpc) is 2.89. The van der Waals surface area contributed by atoms with Gasteiger partial charge in [-0.2, -0.15) is 5.10 Å². The summed E-state index contributed by atoms with van der Waals surface area (Å²) in [7, 11) is 0. The molecular weight excluding hydrogens is 264 g/mol. The lowest BCUT2D eigenvalue weighted by Gasteiger charge is -2.24. The molecule has 0 amide bonds. The van der Waals surface area contributed by atoms with E-state index in [1.54, 1.807) is 0 Å². The number of aliphatic carboxylic acids is 1. The fourth-order valence-corrected chi connectivity index (χ4v) is 2.80. The first-order valence-electron chi connectivity index (χ1n) is 7.55. The number of hydrogen-bond donors (Lipinski definition) is 1. The molecule has 2 aromatic rings. The molecule has 0 unspecified atom stereocenters. The smallest absolute Gasteiger partial charge is 0.303 e. The van der Waals surface area contributed by atoms with Crippen molar-refractivity contribution in [3.63, 3.8) is 0 Å². The normalized spacial score (nSPS) is 14.9. The lowest BCUT2D eigenvalue weighted by atomic mass is 9.85. The van der Waals surface area contributed by atoms with Crippen molar-refractivity contribution < 1.29 is 9.90 Å². The van der Waals surface area contributed by atoms with Crippen LogP contribution in [-0.4, -0.2) is 20.9 Å². The van der Waals surface area contributed by atoms with Crippen molar-refractivity contribution in [1.82, 2.24) is 9.78 Å². The van der Waals surface area contributed by atoms with Gasteiger partial charge in [0.2, 0.25) is 0 Å². The van der Waals surface area contributed by atoms with Gasteiger partial charge >= 0.3 is 5.97 Å². The first-order chi connectivity index (χ1) is 10.2. The van der Waals surface area contributed by atoms with Gasteiger partial charge in [-0.25, -0.2) is 0 Å². The molecule has 110 valence electrons. The van der Waals surface area contributed by atoms with Crippen LogP contribution >= 0.6 is 0 Å². The summed E-state index contributed by atoms with van der Waals surface area (Å²) < 4.78 is 2.02. The molecule has 1 saturated carbocycles. The maximum absolute atomic E-state index is 10.8. The maximum Gasteiger partial charge on any atom is 0.303 e. The third-order valence-corrected chi connectivity index (χ3v) is 4.24. The summed E-state index contributed by atoms with van der Waals surface area (Å²) in [5, 5.41) is 13.3. The van der Waals surface area contributed by atoms with Crippen LogP contribution in [0.1, 0.15) is 31.2 Å². The Balaban J connectivity index is 1.77. The van der Waals surface area contributed by atoms with Gasteiger partial charge in [0.25, 0.3) is 0 Å². The maximum atomic E-state index is 10.8. The number of aromatic nitrogens is 2. The van der Waals surface area contributed by atoms with Gasteiger partial charge in [-0.3, -0.25) is 9.48 Å². The highest BCUT2D eigenvalue weighted by Gasteiger charge is 2.18. The van der Waals surface area contributed by atoms with Crippen LogP contribution in [0.2, 0.25) is 0 Å². The molecule has 0 bridgehead atoms. The Bertz CT molecular complexity index is 629. The van der Waals surface area contributed by atoms with Crippen molar-refractivity contribution >= 4 is 5.97 Å². The second-order valence-electron chi connectivity index (χ2n) is 5.80. The minimum absolute atomic E-state index is 0.160. The SMILES string of the molecule is O=C(O)CCc1ccccc1-c1cnn(CC2CCC2)c1. The third-order valence-electron chi connectivity index (χ3n) is 4.24. The van der Waals surface area contributed by atoms with E-state index >= 15 is 0 Å². The standard InChI is InChI=1S/C17H20N2O2/c20-17(21)9-8-14-6-1-2-7-16(14)15-10-18-19(12-15)11-13-4-3-5-13/h1-2,6-7,10,12-13H,3-5,8-9,11H2,(H,20,21). The highest BCUT2D eigenvalue weighted by atomic mass is 16.4. The van der Waals surface area contributed by atoms with Crippen molar-refractivity contribution in [1.29, 1.82) is 0 Å². The van der Waals surface area contributed by atoms with Crippen LogP contribution in [0.25, 0.3) is 11.1 Å². The fourth-order valence-electron chi connectivity index (χ4n) is 2.80. The Morgan fingerprint density at radius 3 is 2.86 bits per heavy atom. The Morgan fingerprint density at radius 1 is 1.33 bits per heavy atom. The molecule has 21 heavy (non-hydrogen) atoms. The second kappa shape index (κ2) is 6.12. The molecule has 1 aromatic carbocycles. The van der Waals surface area contributed by atoms with E-state index in [9.17, 15) is 4.79 Å². The van der Waals surface area contributed by atoms with E-state index in [1.807, 2.05) is 35.1 Å². The monoisotopic (exact) mass is 284 g/mol. The zero-order valence-corrected chi connectivity index (χ0v) is 12.0. The molecule has 3 rings (SSSR count). The van der Waals surface area contributed by atoms with E-state index in [1.165, 1.54) is 19.3 Å². The lowest BCUT2D eigenvalue weighted by molar-refractivity contribution is -0.136. The number of nitrogens with zero attached hydrogens (tertiary/aromatic N) is 2. The number of carbonyl (C=O) groups is 1. The van der Waals surface area contributed by atoms with Gasteiger partial charge in [0, 0.05) is 24.7 Å². The van der Waals surface area contributed by atoms with Crippen molar-refractivity contribution in [2.24, 2.45) is 5.92 Å². The van der Waals surface area contributed by atoms with E-state index in [-0.39, 0.29) is 6.42 Å². The second-order valence-corrected chi connectivity index (χ2v) is 5.80. The molecule has 0 aliphatic heterocycles. The summed E-state index contributed by atoms with van der Waals surface area (Å²) >= 11 is 0. The summed E-state index contributed by atoms with van der Waals surface area (Å²) in [6, 6.07) is 7.99. The zero-order valence-electron chi connectivity index (χ0n) is 12.0. The first kappa shape index (κ1) is 13.9. The van der Waals surface area contributed by atoms with Crippen molar-refractivity contribution in [2.45, 2.75) is 38.6 Å². The number of aryl methyl sites for hydroxylation is 1. The molecule has 1 N–H and O–H groups in total. The molecular formula is C17H20N2O2. The van der Waals surface area contributed by atoms with E-state index in [4.69, 9.17) is 5.11 Å². The van der Waals surface area contributed by atoms with Gasteiger partial charge in [-0.1, -0.05) is 30.7 Å². The van der Waals surface area contributed by atoms with Crippen LogP contribution in [0.3, 0.4) is 0 Å². The van der Waals surface area contributed by atoms with Gasteiger partial charge < -0.3 is 5.11 Å². The van der Waals surface area contributed by atoms with E-state index in [2.05, 4.69) is 11.3 Å². The Kier molecular flexibility index (Phi) is 4.04. The number of carboxylic acid groups (broad SMARTS) is 1. The van der Waals surface area contributed by atoms with E-state index in [0.717, 1.165) is 29.2 Å². The summed E-state index contributed by atoms with van der Waals surface area (Å²) in [5.41, 5.74) is 3.25. The van der Waals surface area contributed by atoms with Crippen LogP contribution in [0.4, 0.5) is 0 Å². The fraction of sp³-hybridized carbons (Fsp3) is 0.412. The Labute approximate surface area is 124 Å². The third kappa shape index (κ3) is 3.32.